The van der Waals surface area contributed by atoms with E-state index in [0.29, 0.717) is 0 Å². The van der Waals surface area contributed by atoms with E-state index in [0.717, 1.165) is 6.42 Å². The first kappa shape index (κ1) is 19.5. The van der Waals surface area contributed by atoms with Gasteiger partial charge in [0.25, 0.3) is 0 Å². The molecule has 6 aromatic carbocycles. The van der Waals surface area contributed by atoms with Crippen LogP contribution in [0.1, 0.15) is 11.1 Å². The van der Waals surface area contributed by atoms with E-state index in [2.05, 4.69) is 133 Å². The van der Waals surface area contributed by atoms with Crippen LogP contribution < -0.4 is 0 Å². The Morgan fingerprint density at radius 3 is 1.15 bits per heavy atom. The Kier molecular flexibility index (Phi) is 4.97. The lowest BCUT2D eigenvalue weighted by molar-refractivity contribution is 1.19. The van der Waals surface area contributed by atoms with Crippen molar-refractivity contribution in [2.75, 3.05) is 0 Å². The predicted molar refractivity (Wildman–Crippen MR) is 142 cm³/mol. The minimum Gasteiger partial charge on any atom is -0.0622 e. The second kappa shape index (κ2) is 8.41. The molecule has 0 aromatic heterocycles. The van der Waals surface area contributed by atoms with Crippen molar-refractivity contribution in [2.24, 2.45) is 0 Å². The summed E-state index contributed by atoms with van der Waals surface area (Å²) in [5.74, 6) is 0. The van der Waals surface area contributed by atoms with Gasteiger partial charge in [-0.2, -0.15) is 0 Å². The Balaban J connectivity index is 1.56. The Labute approximate surface area is 194 Å². The lowest BCUT2D eigenvalue weighted by Crippen LogP contribution is -1.91. The molecule has 0 unspecified atom stereocenters. The molecule has 0 heteroatoms. The average Bonchev–Trinajstić information content (AvgIpc) is 2.89. The number of hydrogen-bond donors (Lipinski definition) is 0. The summed E-state index contributed by atoms with van der Waals surface area (Å²) in [6.07, 6.45) is 0.954. The van der Waals surface area contributed by atoms with Gasteiger partial charge in [-0.15, -0.1) is 0 Å². The molecule has 6 rings (SSSR count). The summed E-state index contributed by atoms with van der Waals surface area (Å²) >= 11 is 0. The standard InChI is InChI=1S/C33H24/c1-3-11-24(12-4-1)23-25-19-21-27(22-20-25)33-30-17-9-7-15-28(30)32(26-13-5-2-6-14-26)29-16-8-10-18-31(29)33/h1-22H,23H2. The van der Waals surface area contributed by atoms with E-state index in [1.54, 1.807) is 0 Å². The predicted octanol–water partition coefficient (Wildman–Crippen LogP) is 8.92. The van der Waals surface area contributed by atoms with Crippen molar-refractivity contribution in [1.29, 1.82) is 0 Å². The van der Waals surface area contributed by atoms with E-state index in [-0.39, 0.29) is 0 Å². The molecule has 6 aromatic rings. The van der Waals surface area contributed by atoms with Crippen molar-refractivity contribution in [3.8, 4) is 22.3 Å². The molecule has 33 heavy (non-hydrogen) atoms. The van der Waals surface area contributed by atoms with Crippen molar-refractivity contribution >= 4 is 21.5 Å². The van der Waals surface area contributed by atoms with Crippen LogP contribution in [0.15, 0.2) is 133 Å². The Morgan fingerprint density at radius 2 is 0.667 bits per heavy atom. The van der Waals surface area contributed by atoms with Crippen LogP contribution in [-0.4, -0.2) is 0 Å². The van der Waals surface area contributed by atoms with Gasteiger partial charge in [0.1, 0.15) is 0 Å². The highest BCUT2D eigenvalue weighted by Gasteiger charge is 2.16. The quantitative estimate of drug-likeness (QED) is 0.250. The van der Waals surface area contributed by atoms with Crippen molar-refractivity contribution in [1.82, 2.24) is 0 Å². The van der Waals surface area contributed by atoms with E-state index in [1.807, 2.05) is 0 Å². The molecule has 0 radical (unpaired) electrons. The van der Waals surface area contributed by atoms with Gasteiger partial charge < -0.3 is 0 Å². The van der Waals surface area contributed by atoms with Crippen LogP contribution >= 0.6 is 0 Å². The van der Waals surface area contributed by atoms with Crippen molar-refractivity contribution in [3.63, 3.8) is 0 Å². The van der Waals surface area contributed by atoms with Gasteiger partial charge in [0.15, 0.2) is 0 Å². The topological polar surface area (TPSA) is 0 Å². The maximum absolute atomic E-state index is 2.29. The fourth-order valence-corrected chi connectivity index (χ4v) is 4.98. The van der Waals surface area contributed by atoms with Gasteiger partial charge in [0.2, 0.25) is 0 Å². The third kappa shape index (κ3) is 3.60. The van der Waals surface area contributed by atoms with E-state index >= 15 is 0 Å². The SMILES string of the molecule is c1ccc(Cc2ccc(-c3c4ccccc4c(-c4ccccc4)c4ccccc34)cc2)cc1. The van der Waals surface area contributed by atoms with Crippen molar-refractivity contribution < 1.29 is 0 Å². The molecule has 0 saturated heterocycles. The highest BCUT2D eigenvalue weighted by atomic mass is 14.2. The second-order valence-corrected chi connectivity index (χ2v) is 8.57. The van der Waals surface area contributed by atoms with Gasteiger partial charge in [0, 0.05) is 0 Å². The summed E-state index contributed by atoms with van der Waals surface area (Å²) in [4.78, 5) is 0. The van der Waals surface area contributed by atoms with E-state index in [1.165, 1.54) is 54.9 Å². The van der Waals surface area contributed by atoms with Gasteiger partial charge in [-0.05, 0) is 61.3 Å². The smallest absolute Gasteiger partial charge is 0.00258 e. The highest BCUT2D eigenvalue weighted by molar-refractivity contribution is 6.21. The molecule has 0 N–H and O–H groups in total. The Hall–Kier alpha value is -4.16. The van der Waals surface area contributed by atoms with E-state index in [9.17, 15) is 0 Å². The van der Waals surface area contributed by atoms with Crippen LogP contribution in [0, 0.1) is 0 Å². The molecule has 0 amide bonds. The van der Waals surface area contributed by atoms with Gasteiger partial charge in [-0.3, -0.25) is 0 Å². The van der Waals surface area contributed by atoms with Crippen LogP contribution in [0.2, 0.25) is 0 Å². The van der Waals surface area contributed by atoms with Crippen molar-refractivity contribution in [2.45, 2.75) is 6.42 Å². The zero-order chi connectivity index (χ0) is 22.0. The fraction of sp³-hybridized carbons (Fsp3) is 0.0303. The summed E-state index contributed by atoms with van der Waals surface area (Å²) < 4.78 is 0. The minimum atomic E-state index is 0.954. The van der Waals surface area contributed by atoms with Gasteiger partial charge in [0.05, 0.1) is 0 Å². The largest absolute Gasteiger partial charge is 0.0622 e. The molecule has 0 heterocycles. The number of fused-ring (bicyclic) bond motifs is 2. The van der Waals surface area contributed by atoms with Crippen LogP contribution in [0.4, 0.5) is 0 Å². The molecule has 0 aliphatic rings. The van der Waals surface area contributed by atoms with Gasteiger partial charge in [-0.1, -0.05) is 133 Å². The fourth-order valence-electron chi connectivity index (χ4n) is 4.98. The first-order chi connectivity index (χ1) is 16.4. The molecule has 0 saturated carbocycles. The second-order valence-electron chi connectivity index (χ2n) is 8.57. The first-order valence-corrected chi connectivity index (χ1v) is 11.5. The van der Waals surface area contributed by atoms with Crippen LogP contribution in [-0.2, 0) is 6.42 Å². The molecular formula is C33H24. The first-order valence-electron chi connectivity index (χ1n) is 11.5. The van der Waals surface area contributed by atoms with Gasteiger partial charge in [-0.25, -0.2) is 0 Å². The number of rotatable bonds is 4. The third-order valence-electron chi connectivity index (χ3n) is 6.49. The van der Waals surface area contributed by atoms with E-state index < -0.39 is 0 Å². The Bertz CT molecular complexity index is 1490. The molecular weight excluding hydrogens is 396 g/mol. The van der Waals surface area contributed by atoms with Gasteiger partial charge >= 0.3 is 0 Å². The number of benzene rings is 6. The summed E-state index contributed by atoms with van der Waals surface area (Å²) in [6, 6.07) is 48.2. The number of hydrogen-bond acceptors (Lipinski definition) is 0. The molecule has 0 spiro atoms. The molecule has 0 aliphatic carbocycles. The lowest BCUT2D eigenvalue weighted by Gasteiger charge is -2.18. The summed E-state index contributed by atoms with van der Waals surface area (Å²) in [5, 5.41) is 5.19. The lowest BCUT2D eigenvalue weighted by atomic mass is 9.86. The minimum absolute atomic E-state index is 0.954. The molecule has 0 atom stereocenters. The van der Waals surface area contributed by atoms with Crippen LogP contribution in [0.5, 0.6) is 0 Å². The normalized spacial score (nSPS) is 11.2. The van der Waals surface area contributed by atoms with Crippen LogP contribution in [0.25, 0.3) is 43.8 Å². The summed E-state index contributed by atoms with van der Waals surface area (Å²) in [6.45, 7) is 0. The summed E-state index contributed by atoms with van der Waals surface area (Å²) in [7, 11) is 0. The van der Waals surface area contributed by atoms with E-state index in [4.69, 9.17) is 0 Å². The molecule has 0 nitrogen and oxygen atoms in total. The third-order valence-corrected chi connectivity index (χ3v) is 6.49. The monoisotopic (exact) mass is 420 g/mol. The molecule has 0 bridgehead atoms. The maximum Gasteiger partial charge on any atom is -0.00258 e. The highest BCUT2D eigenvalue weighted by Crippen LogP contribution is 2.43. The van der Waals surface area contributed by atoms with Crippen molar-refractivity contribution in [3.05, 3.63) is 145 Å². The van der Waals surface area contributed by atoms with Crippen LogP contribution in [0.3, 0.4) is 0 Å². The summed E-state index contributed by atoms with van der Waals surface area (Å²) in [5.41, 5.74) is 7.82. The zero-order valence-electron chi connectivity index (χ0n) is 18.4. The molecule has 0 fully saturated rings. The zero-order valence-corrected chi connectivity index (χ0v) is 18.4. The molecule has 156 valence electrons. The Morgan fingerprint density at radius 1 is 0.303 bits per heavy atom. The maximum atomic E-state index is 2.29. The average molecular weight is 421 g/mol. The molecule has 0 aliphatic heterocycles.